The van der Waals surface area contributed by atoms with Crippen molar-refractivity contribution in [3.63, 3.8) is 0 Å². The monoisotopic (exact) mass is 322 g/mol. The largest absolute Gasteiger partial charge is 0.481 e. The predicted molar refractivity (Wildman–Crippen MR) is 86.7 cm³/mol. The third-order valence-corrected chi connectivity index (χ3v) is 5.50. The number of carbonyl (C=O) groups is 2. The number of aliphatic carboxylic acids is 2. The van der Waals surface area contributed by atoms with Crippen molar-refractivity contribution < 1.29 is 19.8 Å². The molecule has 0 aromatic heterocycles. The molecule has 6 heteroatoms. The topological polar surface area (TPSA) is 74.6 Å². The van der Waals surface area contributed by atoms with E-state index in [1.807, 2.05) is 0 Å². The van der Waals surface area contributed by atoms with Crippen molar-refractivity contribution in [3.05, 3.63) is 0 Å². The minimum absolute atomic E-state index is 0.647. The van der Waals surface area contributed by atoms with Crippen molar-refractivity contribution in [1.29, 1.82) is 0 Å². The number of carboxylic acid groups (broad SMARTS) is 2. The molecule has 4 nitrogen and oxygen atoms in total. The highest BCUT2D eigenvalue weighted by molar-refractivity contribution is 8.02. The highest BCUT2D eigenvalue weighted by Crippen LogP contribution is 2.25. The van der Waals surface area contributed by atoms with E-state index in [2.05, 4.69) is 0 Å². The average Bonchev–Trinajstić information content (AvgIpc) is 2.31. The van der Waals surface area contributed by atoms with E-state index < -0.39 is 22.8 Å². The van der Waals surface area contributed by atoms with Crippen LogP contribution in [0.5, 0.6) is 0 Å². The summed E-state index contributed by atoms with van der Waals surface area (Å²) >= 11 is 3.52. The van der Waals surface area contributed by atoms with Crippen LogP contribution in [-0.4, -0.2) is 45.2 Å². The minimum atomic E-state index is -0.747. The molecule has 0 aliphatic heterocycles. The molecule has 0 unspecified atom stereocenters. The maximum atomic E-state index is 10.9. The van der Waals surface area contributed by atoms with E-state index in [4.69, 9.17) is 10.2 Å². The van der Waals surface area contributed by atoms with Crippen LogP contribution in [0.3, 0.4) is 0 Å². The molecule has 0 rings (SSSR count). The summed E-state index contributed by atoms with van der Waals surface area (Å²) in [4.78, 5) is 21.8. The van der Waals surface area contributed by atoms with Crippen molar-refractivity contribution >= 4 is 35.5 Å². The molecule has 0 aliphatic rings. The Labute approximate surface area is 130 Å². The standard InChI is InChI=1S/C14H26O4S2/c1-13(2,11(15)16)5-7-19-9-10-20-8-6-14(3,4)12(17)18/h5-10H2,1-4H3,(H,15,16)(H,17,18). The first-order valence-corrected chi connectivity index (χ1v) is 9.03. The zero-order chi connectivity index (χ0) is 15.8. The maximum Gasteiger partial charge on any atom is 0.309 e. The number of hydrogen-bond acceptors (Lipinski definition) is 4. The first kappa shape index (κ1) is 19.6. The van der Waals surface area contributed by atoms with E-state index in [1.165, 1.54) is 0 Å². The van der Waals surface area contributed by atoms with Crippen LogP contribution in [0, 0.1) is 10.8 Å². The molecule has 0 fully saturated rings. The molecule has 0 spiro atoms. The molecule has 0 bridgehead atoms. The lowest BCUT2D eigenvalue weighted by Crippen LogP contribution is -2.24. The Balaban J connectivity index is 3.56. The van der Waals surface area contributed by atoms with Crippen LogP contribution in [0.15, 0.2) is 0 Å². The molecular formula is C14H26O4S2. The Morgan fingerprint density at radius 1 is 0.750 bits per heavy atom. The van der Waals surface area contributed by atoms with E-state index >= 15 is 0 Å². The first-order chi connectivity index (χ1) is 9.09. The van der Waals surface area contributed by atoms with Gasteiger partial charge in [0.15, 0.2) is 0 Å². The minimum Gasteiger partial charge on any atom is -0.481 e. The molecule has 0 atom stereocenters. The van der Waals surface area contributed by atoms with Gasteiger partial charge in [-0.3, -0.25) is 9.59 Å². The molecule has 0 saturated carbocycles. The first-order valence-electron chi connectivity index (χ1n) is 6.72. The highest BCUT2D eigenvalue weighted by Gasteiger charge is 2.27. The van der Waals surface area contributed by atoms with E-state index in [1.54, 1.807) is 51.2 Å². The van der Waals surface area contributed by atoms with Crippen LogP contribution >= 0.6 is 23.5 Å². The van der Waals surface area contributed by atoms with Crippen LogP contribution in [0.1, 0.15) is 40.5 Å². The molecule has 20 heavy (non-hydrogen) atoms. The van der Waals surface area contributed by atoms with Crippen molar-refractivity contribution in [2.24, 2.45) is 10.8 Å². The van der Waals surface area contributed by atoms with E-state index in [-0.39, 0.29) is 0 Å². The Bertz CT molecular complexity index is 295. The molecule has 0 saturated heterocycles. The summed E-state index contributed by atoms with van der Waals surface area (Å²) in [5, 5.41) is 17.9. The van der Waals surface area contributed by atoms with E-state index in [9.17, 15) is 9.59 Å². The molecular weight excluding hydrogens is 296 g/mol. The zero-order valence-corrected chi connectivity index (χ0v) is 14.4. The van der Waals surface area contributed by atoms with Crippen molar-refractivity contribution in [2.75, 3.05) is 23.0 Å². The smallest absolute Gasteiger partial charge is 0.309 e. The van der Waals surface area contributed by atoms with Gasteiger partial charge in [0.1, 0.15) is 0 Å². The van der Waals surface area contributed by atoms with Gasteiger partial charge in [-0.2, -0.15) is 23.5 Å². The predicted octanol–water partition coefficient (Wildman–Crippen LogP) is 3.45. The van der Waals surface area contributed by atoms with Gasteiger partial charge in [0, 0.05) is 11.5 Å². The SMILES string of the molecule is CC(C)(CCSCCSCCC(C)(C)C(=O)O)C(=O)O. The maximum absolute atomic E-state index is 10.9. The Morgan fingerprint density at radius 3 is 1.30 bits per heavy atom. The van der Waals surface area contributed by atoms with Crippen LogP contribution in [0.2, 0.25) is 0 Å². The lowest BCUT2D eigenvalue weighted by molar-refractivity contribution is -0.147. The van der Waals surface area contributed by atoms with Gasteiger partial charge in [0.05, 0.1) is 10.8 Å². The third-order valence-electron chi connectivity index (χ3n) is 3.27. The second-order valence-corrected chi connectivity index (χ2v) is 8.55. The van der Waals surface area contributed by atoms with Crippen molar-refractivity contribution in [2.45, 2.75) is 40.5 Å². The number of carboxylic acids is 2. The normalized spacial score (nSPS) is 12.4. The number of thioether (sulfide) groups is 2. The second kappa shape index (κ2) is 8.82. The van der Waals surface area contributed by atoms with E-state index in [0.717, 1.165) is 23.0 Å². The average molecular weight is 322 g/mol. The lowest BCUT2D eigenvalue weighted by atomic mass is 9.91. The van der Waals surface area contributed by atoms with Crippen LogP contribution in [0.25, 0.3) is 0 Å². The fourth-order valence-electron chi connectivity index (χ4n) is 1.19. The summed E-state index contributed by atoms with van der Waals surface area (Å²) in [6.07, 6.45) is 1.34. The van der Waals surface area contributed by atoms with Gasteiger partial charge in [-0.15, -0.1) is 0 Å². The molecule has 0 heterocycles. The van der Waals surface area contributed by atoms with Crippen LogP contribution in [0.4, 0.5) is 0 Å². The van der Waals surface area contributed by atoms with Crippen molar-refractivity contribution in [3.8, 4) is 0 Å². The van der Waals surface area contributed by atoms with Gasteiger partial charge in [-0.1, -0.05) is 0 Å². The van der Waals surface area contributed by atoms with Gasteiger partial charge < -0.3 is 10.2 Å². The van der Waals surface area contributed by atoms with Crippen LogP contribution < -0.4 is 0 Å². The number of hydrogen-bond donors (Lipinski definition) is 2. The second-order valence-electron chi connectivity index (χ2n) is 6.10. The molecule has 2 N–H and O–H groups in total. The summed E-state index contributed by atoms with van der Waals surface area (Å²) in [6.45, 7) is 6.99. The third kappa shape index (κ3) is 8.04. The fraction of sp³-hybridized carbons (Fsp3) is 0.857. The summed E-state index contributed by atoms with van der Waals surface area (Å²) in [5.41, 5.74) is -1.29. The van der Waals surface area contributed by atoms with Gasteiger partial charge >= 0.3 is 11.9 Å². The molecule has 0 radical (unpaired) electrons. The quantitative estimate of drug-likeness (QED) is 0.568. The molecule has 0 amide bonds. The molecule has 0 aromatic carbocycles. The Hall–Kier alpha value is -0.360. The summed E-state index contributed by atoms with van der Waals surface area (Å²) < 4.78 is 0. The highest BCUT2D eigenvalue weighted by atomic mass is 32.2. The Kier molecular flexibility index (Phi) is 8.66. The summed E-state index contributed by atoms with van der Waals surface area (Å²) in [7, 11) is 0. The van der Waals surface area contributed by atoms with Gasteiger partial charge in [-0.05, 0) is 52.0 Å². The Morgan fingerprint density at radius 2 is 1.05 bits per heavy atom. The fourth-order valence-corrected chi connectivity index (χ4v) is 3.85. The van der Waals surface area contributed by atoms with Crippen molar-refractivity contribution in [1.82, 2.24) is 0 Å². The summed E-state index contributed by atoms with van der Waals surface area (Å²) in [6, 6.07) is 0. The molecule has 0 aliphatic carbocycles. The summed E-state index contributed by atoms with van der Waals surface area (Å²) in [5.74, 6) is 2.16. The van der Waals surface area contributed by atoms with Gasteiger partial charge in [-0.25, -0.2) is 0 Å². The van der Waals surface area contributed by atoms with Crippen LogP contribution in [-0.2, 0) is 9.59 Å². The molecule has 0 aromatic rings. The van der Waals surface area contributed by atoms with E-state index in [0.29, 0.717) is 12.8 Å². The molecule has 118 valence electrons. The van der Waals surface area contributed by atoms with Gasteiger partial charge in [0.2, 0.25) is 0 Å². The van der Waals surface area contributed by atoms with Gasteiger partial charge in [0.25, 0.3) is 0 Å². The lowest BCUT2D eigenvalue weighted by Gasteiger charge is -2.19. The zero-order valence-electron chi connectivity index (χ0n) is 12.8. The number of rotatable bonds is 11.